The third-order valence-corrected chi connectivity index (χ3v) is 4.73. The minimum atomic E-state index is -0.689. The molecule has 1 atom stereocenters. The highest BCUT2D eigenvalue weighted by atomic mass is 32.2. The van der Waals surface area contributed by atoms with Crippen LogP contribution in [0.4, 0.5) is 0 Å². The molecule has 0 spiro atoms. The van der Waals surface area contributed by atoms with Gasteiger partial charge in [-0.1, -0.05) is 19.8 Å². The van der Waals surface area contributed by atoms with Gasteiger partial charge in [-0.3, -0.25) is 4.79 Å². The summed E-state index contributed by atoms with van der Waals surface area (Å²) in [5.41, 5.74) is 0. The molecule has 1 aliphatic rings. The zero-order valence-electron chi connectivity index (χ0n) is 10.9. The van der Waals surface area contributed by atoms with Gasteiger partial charge in [-0.15, -0.1) is 0 Å². The normalized spacial score (nSPS) is 26.7. The van der Waals surface area contributed by atoms with E-state index in [4.69, 9.17) is 5.11 Å². The summed E-state index contributed by atoms with van der Waals surface area (Å²) in [6, 6.07) is 0.0714. The van der Waals surface area contributed by atoms with Crippen LogP contribution >= 0.6 is 11.8 Å². The molecule has 0 aromatic carbocycles. The summed E-state index contributed by atoms with van der Waals surface area (Å²) in [4.78, 5) is 11.1. The number of hydrogen-bond acceptors (Lipinski definition) is 3. The van der Waals surface area contributed by atoms with Crippen molar-refractivity contribution in [3.05, 3.63) is 0 Å². The molecule has 1 saturated carbocycles. The first-order valence-electron chi connectivity index (χ1n) is 6.69. The second-order valence-electron chi connectivity index (χ2n) is 4.91. The van der Waals surface area contributed by atoms with Crippen LogP contribution in [-0.2, 0) is 4.79 Å². The zero-order chi connectivity index (χ0) is 12.7. The lowest BCUT2D eigenvalue weighted by atomic mass is 9.94. The fourth-order valence-electron chi connectivity index (χ4n) is 2.44. The second kappa shape index (κ2) is 7.98. The van der Waals surface area contributed by atoms with Crippen LogP contribution in [0, 0.1) is 0 Å². The van der Waals surface area contributed by atoms with Crippen molar-refractivity contribution in [2.75, 3.05) is 6.26 Å². The summed E-state index contributed by atoms with van der Waals surface area (Å²) in [7, 11) is 0. The average Bonchev–Trinajstić information content (AvgIpc) is 2.35. The molecule has 1 rings (SSSR count). The van der Waals surface area contributed by atoms with Crippen molar-refractivity contribution in [2.24, 2.45) is 0 Å². The number of carboxylic acid groups (broad SMARTS) is 1. The third-order valence-electron chi connectivity index (χ3n) is 3.59. The second-order valence-corrected chi connectivity index (χ2v) is 6.05. The van der Waals surface area contributed by atoms with Gasteiger partial charge < -0.3 is 10.4 Å². The van der Waals surface area contributed by atoms with Crippen molar-refractivity contribution in [3.63, 3.8) is 0 Å². The molecule has 0 bridgehead atoms. The van der Waals surface area contributed by atoms with E-state index in [2.05, 4.69) is 18.5 Å². The third kappa shape index (κ3) is 5.30. The Balaban J connectivity index is 2.32. The molecule has 3 nitrogen and oxygen atoms in total. The summed E-state index contributed by atoms with van der Waals surface area (Å²) in [5, 5.41) is 13.3. The molecule has 0 saturated heterocycles. The van der Waals surface area contributed by atoms with E-state index in [0.717, 1.165) is 37.4 Å². The van der Waals surface area contributed by atoms with Gasteiger partial charge in [0.2, 0.25) is 0 Å². The van der Waals surface area contributed by atoms with E-state index in [1.165, 1.54) is 12.8 Å². The molecule has 0 heterocycles. The summed E-state index contributed by atoms with van der Waals surface area (Å²) in [6.07, 6.45) is 9.67. The first-order valence-corrected chi connectivity index (χ1v) is 7.97. The molecule has 4 heteroatoms. The maximum absolute atomic E-state index is 11.1. The van der Waals surface area contributed by atoms with Crippen LogP contribution in [0.3, 0.4) is 0 Å². The zero-order valence-corrected chi connectivity index (χ0v) is 11.8. The van der Waals surface area contributed by atoms with Crippen molar-refractivity contribution in [1.82, 2.24) is 5.32 Å². The lowest BCUT2D eigenvalue weighted by molar-refractivity contribution is -0.140. The van der Waals surface area contributed by atoms with Crippen LogP contribution < -0.4 is 5.32 Å². The summed E-state index contributed by atoms with van der Waals surface area (Å²) >= 11 is 1.94. The molecule has 0 aromatic rings. The fourth-order valence-corrected chi connectivity index (χ4v) is 3.18. The van der Waals surface area contributed by atoms with E-state index in [1.807, 2.05) is 11.8 Å². The number of hydrogen-bond donors (Lipinski definition) is 2. The molecule has 2 N–H and O–H groups in total. The molecule has 0 aliphatic heterocycles. The number of thioether (sulfide) groups is 1. The molecule has 0 aromatic heterocycles. The van der Waals surface area contributed by atoms with E-state index in [9.17, 15) is 4.79 Å². The van der Waals surface area contributed by atoms with E-state index in [1.54, 1.807) is 0 Å². The van der Waals surface area contributed by atoms with Gasteiger partial charge in [0, 0.05) is 11.3 Å². The molecule has 0 amide bonds. The van der Waals surface area contributed by atoms with E-state index >= 15 is 0 Å². The Labute approximate surface area is 109 Å². The SMILES string of the molecule is CCCCC(NC1CCC(SC)CC1)C(=O)O. The fraction of sp³-hybridized carbons (Fsp3) is 0.923. The first-order chi connectivity index (χ1) is 8.17. The summed E-state index contributed by atoms with van der Waals surface area (Å²) < 4.78 is 0. The van der Waals surface area contributed by atoms with Crippen molar-refractivity contribution in [2.45, 2.75) is 69.2 Å². The van der Waals surface area contributed by atoms with Gasteiger partial charge in [0.05, 0.1) is 0 Å². The van der Waals surface area contributed by atoms with Crippen LogP contribution in [0.15, 0.2) is 0 Å². The van der Waals surface area contributed by atoms with Crippen molar-refractivity contribution in [3.8, 4) is 0 Å². The minimum Gasteiger partial charge on any atom is -0.480 e. The molecular formula is C13H25NO2S. The Morgan fingerprint density at radius 1 is 1.41 bits per heavy atom. The van der Waals surface area contributed by atoms with E-state index in [0.29, 0.717) is 6.04 Å². The average molecular weight is 259 g/mol. The molecule has 17 heavy (non-hydrogen) atoms. The molecule has 0 radical (unpaired) electrons. The number of aliphatic carboxylic acids is 1. The molecule has 100 valence electrons. The Hall–Kier alpha value is -0.220. The quantitative estimate of drug-likeness (QED) is 0.738. The highest BCUT2D eigenvalue weighted by Gasteiger charge is 2.25. The van der Waals surface area contributed by atoms with E-state index in [-0.39, 0.29) is 6.04 Å². The predicted molar refractivity (Wildman–Crippen MR) is 73.6 cm³/mol. The lowest BCUT2D eigenvalue weighted by Gasteiger charge is -2.30. The number of rotatable bonds is 7. The largest absolute Gasteiger partial charge is 0.480 e. The molecule has 1 unspecified atom stereocenters. The van der Waals surface area contributed by atoms with Gasteiger partial charge in [-0.25, -0.2) is 0 Å². The number of unbranched alkanes of at least 4 members (excludes halogenated alkanes) is 1. The molecule has 1 aliphatic carbocycles. The topological polar surface area (TPSA) is 49.3 Å². The minimum absolute atomic E-state index is 0.342. The highest BCUT2D eigenvalue weighted by molar-refractivity contribution is 7.99. The van der Waals surface area contributed by atoms with Crippen molar-refractivity contribution >= 4 is 17.7 Å². The van der Waals surface area contributed by atoms with Gasteiger partial charge in [0.25, 0.3) is 0 Å². The van der Waals surface area contributed by atoms with Crippen LogP contribution in [-0.4, -0.2) is 34.7 Å². The van der Waals surface area contributed by atoms with Gasteiger partial charge in [0.15, 0.2) is 0 Å². The monoisotopic (exact) mass is 259 g/mol. The molecular weight excluding hydrogens is 234 g/mol. The van der Waals surface area contributed by atoms with Crippen LogP contribution in [0.2, 0.25) is 0 Å². The van der Waals surface area contributed by atoms with Crippen molar-refractivity contribution < 1.29 is 9.90 Å². The van der Waals surface area contributed by atoms with Gasteiger partial charge >= 0.3 is 5.97 Å². The Bertz CT molecular complexity index is 227. The molecule has 1 fully saturated rings. The Kier molecular flexibility index (Phi) is 6.97. The Morgan fingerprint density at radius 3 is 2.53 bits per heavy atom. The summed E-state index contributed by atoms with van der Waals surface area (Å²) in [5.74, 6) is -0.689. The highest BCUT2D eigenvalue weighted by Crippen LogP contribution is 2.27. The predicted octanol–water partition coefficient (Wildman–Crippen LogP) is 2.89. The van der Waals surface area contributed by atoms with Crippen molar-refractivity contribution in [1.29, 1.82) is 0 Å². The number of carbonyl (C=O) groups is 1. The standard InChI is InChI=1S/C13H25NO2S/c1-3-4-5-12(13(15)16)14-10-6-8-11(17-2)9-7-10/h10-12,14H,3-9H2,1-2H3,(H,15,16). The maximum atomic E-state index is 11.1. The van der Waals surface area contributed by atoms with Gasteiger partial charge in [-0.05, 0) is 38.4 Å². The maximum Gasteiger partial charge on any atom is 0.320 e. The lowest BCUT2D eigenvalue weighted by Crippen LogP contribution is -2.45. The first kappa shape index (κ1) is 14.8. The Morgan fingerprint density at radius 2 is 2.06 bits per heavy atom. The van der Waals surface area contributed by atoms with E-state index < -0.39 is 5.97 Å². The smallest absolute Gasteiger partial charge is 0.320 e. The van der Waals surface area contributed by atoms with Crippen LogP contribution in [0.1, 0.15) is 51.9 Å². The van der Waals surface area contributed by atoms with Gasteiger partial charge in [0.1, 0.15) is 6.04 Å². The number of nitrogens with one attached hydrogen (secondary N) is 1. The number of carboxylic acids is 1. The van der Waals surface area contributed by atoms with Gasteiger partial charge in [-0.2, -0.15) is 11.8 Å². The van der Waals surface area contributed by atoms with Crippen LogP contribution in [0.25, 0.3) is 0 Å². The van der Waals surface area contributed by atoms with Crippen LogP contribution in [0.5, 0.6) is 0 Å². The summed E-state index contributed by atoms with van der Waals surface area (Å²) in [6.45, 7) is 2.10.